The minimum Gasteiger partial charge on any atom is -0.0613 e. The van der Waals surface area contributed by atoms with Gasteiger partial charge >= 0.3 is 0 Å². The zero-order valence-corrected chi connectivity index (χ0v) is 15.9. The SMILES string of the molecule is CC(C)(C)c1cccc2c(C(C)(C)C)cc(C(C)(C)C)c-2c1. The minimum atomic E-state index is 0.158. The molecule has 0 unspecified atom stereocenters. The molecule has 0 atom stereocenters. The largest absolute Gasteiger partial charge is 0.0613 e. The Morgan fingerprint density at radius 3 is 1.50 bits per heavy atom. The van der Waals surface area contributed by atoms with Gasteiger partial charge in [-0.2, -0.15) is 0 Å². The Labute approximate surface area is 137 Å². The first kappa shape index (κ1) is 17.1. The van der Waals surface area contributed by atoms with Crippen LogP contribution in [0.2, 0.25) is 0 Å². The molecule has 22 heavy (non-hydrogen) atoms. The van der Waals surface area contributed by atoms with E-state index in [4.69, 9.17) is 0 Å². The summed E-state index contributed by atoms with van der Waals surface area (Å²) in [5, 5.41) is 0. The van der Waals surface area contributed by atoms with Crippen LogP contribution in [0.25, 0.3) is 11.1 Å². The maximum absolute atomic E-state index is 2.44. The maximum Gasteiger partial charge on any atom is -0.0126 e. The van der Waals surface area contributed by atoms with Gasteiger partial charge in [0.1, 0.15) is 0 Å². The van der Waals surface area contributed by atoms with Crippen molar-refractivity contribution in [1.82, 2.24) is 0 Å². The Morgan fingerprint density at radius 1 is 0.545 bits per heavy atom. The molecule has 0 N–H and O–H groups in total. The number of fused-ring (bicyclic) bond motifs is 1. The van der Waals surface area contributed by atoms with Gasteiger partial charge in [-0.05, 0) is 44.1 Å². The van der Waals surface area contributed by atoms with Crippen molar-refractivity contribution in [3.8, 4) is 11.1 Å². The van der Waals surface area contributed by atoms with Crippen molar-refractivity contribution in [1.29, 1.82) is 0 Å². The van der Waals surface area contributed by atoms with Crippen molar-refractivity contribution < 1.29 is 0 Å². The average molecular weight is 296 g/mol. The zero-order chi connectivity index (χ0) is 16.9. The van der Waals surface area contributed by atoms with Crippen LogP contribution in [0.3, 0.4) is 0 Å². The third-order valence-corrected chi connectivity index (χ3v) is 4.48. The van der Waals surface area contributed by atoms with Gasteiger partial charge in [-0.25, -0.2) is 0 Å². The minimum absolute atomic E-state index is 0.158. The van der Waals surface area contributed by atoms with Crippen molar-refractivity contribution in [3.63, 3.8) is 0 Å². The lowest BCUT2D eigenvalue weighted by Crippen LogP contribution is -2.12. The predicted octanol–water partition coefficient (Wildman–Crippen LogP) is 6.68. The molecule has 0 nitrogen and oxygen atoms in total. The van der Waals surface area contributed by atoms with Crippen molar-refractivity contribution in [2.75, 3.05) is 0 Å². The van der Waals surface area contributed by atoms with E-state index in [9.17, 15) is 0 Å². The van der Waals surface area contributed by atoms with Crippen LogP contribution < -0.4 is 0 Å². The topological polar surface area (TPSA) is 0 Å². The standard InChI is InChI=1S/C22H32/c1-20(2,3)15-11-10-12-16-17(13-15)19(22(7,8)9)14-18(16)21(4,5)6/h10-14H,1-9H3. The molecule has 0 aromatic carbocycles. The Bertz CT molecular complexity index is 639. The molecule has 0 aromatic heterocycles. The van der Waals surface area contributed by atoms with E-state index in [0.29, 0.717) is 0 Å². The van der Waals surface area contributed by atoms with Gasteiger partial charge in [0.05, 0.1) is 0 Å². The van der Waals surface area contributed by atoms with Crippen LogP contribution in [0.15, 0.2) is 30.3 Å². The highest BCUT2D eigenvalue weighted by molar-refractivity contribution is 5.78. The second kappa shape index (κ2) is 5.11. The first-order valence-corrected chi connectivity index (χ1v) is 8.40. The van der Waals surface area contributed by atoms with Crippen molar-refractivity contribution >= 4 is 0 Å². The van der Waals surface area contributed by atoms with E-state index < -0.39 is 0 Å². The summed E-state index contributed by atoms with van der Waals surface area (Å²) < 4.78 is 0. The molecule has 0 spiro atoms. The van der Waals surface area contributed by atoms with Crippen LogP contribution in [0.5, 0.6) is 0 Å². The molecule has 2 aliphatic rings. The molecular weight excluding hydrogens is 264 g/mol. The lowest BCUT2D eigenvalue weighted by Gasteiger charge is -2.21. The van der Waals surface area contributed by atoms with E-state index in [1.165, 1.54) is 27.8 Å². The summed E-state index contributed by atoms with van der Waals surface area (Å²) in [7, 11) is 0. The first-order valence-electron chi connectivity index (χ1n) is 8.40. The Kier molecular flexibility index (Phi) is 3.97. The molecule has 0 bridgehead atoms. The van der Waals surface area contributed by atoms with E-state index in [0.717, 1.165) is 0 Å². The van der Waals surface area contributed by atoms with Crippen LogP contribution in [0.4, 0.5) is 0 Å². The summed E-state index contributed by atoms with van der Waals surface area (Å²) in [6.07, 6.45) is 0. The quantitative estimate of drug-likeness (QED) is 0.508. The third-order valence-electron chi connectivity index (χ3n) is 4.48. The molecule has 2 aliphatic carbocycles. The second-order valence-electron chi connectivity index (χ2n) is 9.67. The van der Waals surface area contributed by atoms with Crippen LogP contribution in [0.1, 0.15) is 79.0 Å². The van der Waals surface area contributed by atoms with Gasteiger partial charge in [0.25, 0.3) is 0 Å². The molecule has 0 aliphatic heterocycles. The number of hydrogen-bond donors (Lipinski definition) is 0. The fourth-order valence-corrected chi connectivity index (χ4v) is 3.08. The summed E-state index contributed by atoms with van der Waals surface area (Å²) in [5.74, 6) is 0. The molecular formula is C22H32. The molecule has 0 aromatic rings. The molecule has 0 fully saturated rings. The van der Waals surface area contributed by atoms with Crippen LogP contribution in [-0.4, -0.2) is 0 Å². The molecule has 2 rings (SSSR count). The highest BCUT2D eigenvalue weighted by atomic mass is 14.3. The third kappa shape index (κ3) is 3.21. The van der Waals surface area contributed by atoms with Crippen LogP contribution >= 0.6 is 0 Å². The molecule has 0 heterocycles. The monoisotopic (exact) mass is 296 g/mol. The normalized spacial score (nSPS) is 13.7. The summed E-state index contributed by atoms with van der Waals surface area (Å²) in [4.78, 5) is 0. The molecule has 0 amide bonds. The lowest BCUT2D eigenvalue weighted by atomic mass is 9.83. The van der Waals surface area contributed by atoms with Gasteiger partial charge in [0.15, 0.2) is 0 Å². The number of hydrogen-bond acceptors (Lipinski definition) is 0. The zero-order valence-electron chi connectivity index (χ0n) is 15.9. The van der Waals surface area contributed by atoms with Crippen molar-refractivity contribution in [3.05, 3.63) is 47.0 Å². The van der Waals surface area contributed by atoms with Gasteiger partial charge < -0.3 is 0 Å². The summed E-state index contributed by atoms with van der Waals surface area (Å²) in [6.45, 7) is 20.8. The molecule has 0 saturated heterocycles. The summed E-state index contributed by atoms with van der Waals surface area (Å²) in [5.41, 5.74) is 7.65. The van der Waals surface area contributed by atoms with Crippen molar-refractivity contribution in [2.45, 2.75) is 78.6 Å². The average Bonchev–Trinajstić information content (AvgIpc) is 2.52. The highest BCUT2D eigenvalue weighted by Gasteiger charge is 2.29. The summed E-state index contributed by atoms with van der Waals surface area (Å²) in [6, 6.07) is 11.7. The smallest absolute Gasteiger partial charge is 0.0126 e. The van der Waals surface area contributed by atoms with Gasteiger partial charge in [-0.3, -0.25) is 0 Å². The fraction of sp³-hybridized carbons (Fsp3) is 0.545. The van der Waals surface area contributed by atoms with E-state index >= 15 is 0 Å². The Morgan fingerprint density at radius 2 is 1.05 bits per heavy atom. The predicted molar refractivity (Wildman–Crippen MR) is 99.2 cm³/mol. The highest BCUT2D eigenvalue weighted by Crippen LogP contribution is 2.44. The van der Waals surface area contributed by atoms with Gasteiger partial charge in [0.2, 0.25) is 0 Å². The van der Waals surface area contributed by atoms with Crippen LogP contribution in [0, 0.1) is 0 Å². The molecule has 0 radical (unpaired) electrons. The van der Waals surface area contributed by atoms with E-state index in [2.05, 4.69) is 92.6 Å². The molecule has 120 valence electrons. The summed E-state index contributed by atoms with van der Waals surface area (Å²) >= 11 is 0. The van der Waals surface area contributed by atoms with Crippen LogP contribution in [-0.2, 0) is 16.2 Å². The van der Waals surface area contributed by atoms with E-state index in [1.807, 2.05) is 0 Å². The van der Waals surface area contributed by atoms with Gasteiger partial charge in [0, 0.05) is 0 Å². The Hall–Kier alpha value is -1.30. The fourth-order valence-electron chi connectivity index (χ4n) is 3.08. The lowest BCUT2D eigenvalue weighted by molar-refractivity contribution is 0.579. The first-order chi connectivity index (χ1) is 9.82. The maximum atomic E-state index is 2.44. The van der Waals surface area contributed by atoms with Gasteiger partial charge in [-0.1, -0.05) is 92.6 Å². The molecule has 0 saturated carbocycles. The van der Waals surface area contributed by atoms with E-state index in [-0.39, 0.29) is 16.2 Å². The van der Waals surface area contributed by atoms with Gasteiger partial charge in [-0.15, -0.1) is 0 Å². The Balaban J connectivity index is 2.83. The number of rotatable bonds is 0. The van der Waals surface area contributed by atoms with Crippen molar-refractivity contribution in [2.24, 2.45) is 0 Å². The van der Waals surface area contributed by atoms with E-state index in [1.54, 1.807) is 0 Å². The molecule has 0 heteroatoms. The second-order valence-corrected chi connectivity index (χ2v) is 9.67.